The lowest BCUT2D eigenvalue weighted by molar-refractivity contribution is -0.114. The summed E-state index contributed by atoms with van der Waals surface area (Å²) >= 11 is 1.32. The zero-order valence-electron chi connectivity index (χ0n) is 13.9. The first-order valence-electron chi connectivity index (χ1n) is 7.98. The summed E-state index contributed by atoms with van der Waals surface area (Å²) < 4.78 is 11.8. The minimum absolute atomic E-state index is 0.180. The Kier molecular flexibility index (Phi) is 4.18. The number of aromatic nitrogens is 1. The topological polar surface area (TPSA) is 89.6 Å². The van der Waals surface area contributed by atoms with Gasteiger partial charge in [0.25, 0.3) is 5.91 Å². The van der Waals surface area contributed by atoms with E-state index in [1.165, 1.54) is 18.3 Å². The van der Waals surface area contributed by atoms with Crippen molar-refractivity contribution in [3.8, 4) is 11.5 Å². The second kappa shape index (κ2) is 6.64. The first-order chi connectivity index (χ1) is 12.6. The molecule has 2 amide bonds. The molecule has 0 radical (unpaired) electrons. The number of ether oxygens (including phenoxy) is 2. The quantitative estimate of drug-likeness (QED) is 0.739. The van der Waals surface area contributed by atoms with Crippen LogP contribution in [0.15, 0.2) is 36.4 Å². The molecule has 1 aliphatic heterocycles. The van der Waals surface area contributed by atoms with Gasteiger partial charge in [0.2, 0.25) is 5.91 Å². The van der Waals surface area contributed by atoms with Crippen LogP contribution in [0.1, 0.15) is 17.3 Å². The average Bonchev–Trinajstić information content (AvgIpc) is 3.02. The molecule has 2 aromatic carbocycles. The van der Waals surface area contributed by atoms with Gasteiger partial charge in [-0.2, -0.15) is 0 Å². The van der Waals surface area contributed by atoms with Crippen molar-refractivity contribution in [2.75, 3.05) is 23.8 Å². The zero-order valence-corrected chi connectivity index (χ0v) is 14.7. The molecule has 2 N–H and O–H groups in total. The van der Waals surface area contributed by atoms with Crippen molar-refractivity contribution in [2.24, 2.45) is 0 Å². The highest BCUT2D eigenvalue weighted by molar-refractivity contribution is 7.22. The molecule has 0 fully saturated rings. The van der Waals surface area contributed by atoms with Gasteiger partial charge in [-0.3, -0.25) is 9.59 Å². The number of hydrogen-bond donors (Lipinski definition) is 2. The van der Waals surface area contributed by atoms with Gasteiger partial charge in [-0.15, -0.1) is 0 Å². The number of benzene rings is 2. The van der Waals surface area contributed by atoms with Gasteiger partial charge in [0.15, 0.2) is 16.6 Å². The maximum absolute atomic E-state index is 12.5. The van der Waals surface area contributed by atoms with Gasteiger partial charge < -0.3 is 20.1 Å². The van der Waals surface area contributed by atoms with E-state index in [9.17, 15) is 9.59 Å². The Hall–Kier alpha value is -3.13. The van der Waals surface area contributed by atoms with Gasteiger partial charge in [-0.1, -0.05) is 11.3 Å². The summed E-state index contributed by atoms with van der Waals surface area (Å²) in [5, 5.41) is 6.02. The number of nitrogens with one attached hydrogen (secondary N) is 2. The van der Waals surface area contributed by atoms with Crippen LogP contribution < -0.4 is 20.1 Å². The average molecular weight is 369 g/mol. The molecule has 0 bridgehead atoms. The van der Waals surface area contributed by atoms with E-state index in [1.54, 1.807) is 36.4 Å². The molecule has 4 rings (SSSR count). The fourth-order valence-corrected chi connectivity index (χ4v) is 3.55. The van der Waals surface area contributed by atoms with E-state index in [2.05, 4.69) is 15.6 Å². The third kappa shape index (κ3) is 3.31. The van der Waals surface area contributed by atoms with Crippen molar-refractivity contribution in [1.29, 1.82) is 0 Å². The fourth-order valence-electron chi connectivity index (χ4n) is 2.59. The summed E-state index contributed by atoms with van der Waals surface area (Å²) in [6, 6.07) is 10.5. The monoisotopic (exact) mass is 369 g/mol. The molecule has 132 valence electrons. The SMILES string of the molecule is CC(=O)Nc1nc2ccc(C(=O)Nc3ccc4c(c3)OCCO4)cc2s1. The molecule has 1 aromatic heterocycles. The summed E-state index contributed by atoms with van der Waals surface area (Å²) in [6.07, 6.45) is 0. The maximum atomic E-state index is 12.5. The lowest BCUT2D eigenvalue weighted by Crippen LogP contribution is -2.16. The molecule has 0 unspecified atom stereocenters. The van der Waals surface area contributed by atoms with E-state index < -0.39 is 0 Å². The van der Waals surface area contributed by atoms with Crippen LogP contribution in [-0.2, 0) is 4.79 Å². The third-order valence-corrected chi connectivity index (χ3v) is 4.67. The van der Waals surface area contributed by atoms with Gasteiger partial charge in [0, 0.05) is 24.2 Å². The van der Waals surface area contributed by atoms with Crippen LogP contribution in [0.4, 0.5) is 10.8 Å². The first kappa shape index (κ1) is 16.3. The number of rotatable bonds is 3. The molecule has 0 aliphatic carbocycles. The molecule has 7 nitrogen and oxygen atoms in total. The minimum atomic E-state index is -0.238. The highest BCUT2D eigenvalue weighted by Gasteiger charge is 2.14. The van der Waals surface area contributed by atoms with E-state index in [0.717, 1.165) is 10.2 Å². The molecule has 0 saturated heterocycles. The van der Waals surface area contributed by atoms with Crippen LogP contribution in [0.5, 0.6) is 11.5 Å². The lowest BCUT2D eigenvalue weighted by atomic mass is 10.2. The third-order valence-electron chi connectivity index (χ3n) is 3.73. The Morgan fingerprint density at radius 3 is 2.65 bits per heavy atom. The number of thiazole rings is 1. The van der Waals surface area contributed by atoms with Crippen LogP contribution in [0, 0.1) is 0 Å². The number of hydrogen-bond acceptors (Lipinski definition) is 6. The smallest absolute Gasteiger partial charge is 0.255 e. The highest BCUT2D eigenvalue weighted by Crippen LogP contribution is 2.33. The summed E-state index contributed by atoms with van der Waals surface area (Å²) in [5.41, 5.74) is 1.86. The minimum Gasteiger partial charge on any atom is -0.486 e. The van der Waals surface area contributed by atoms with Gasteiger partial charge >= 0.3 is 0 Å². The molecule has 0 atom stereocenters. The van der Waals surface area contributed by atoms with E-state index in [0.29, 0.717) is 41.1 Å². The fraction of sp³-hybridized carbons (Fsp3) is 0.167. The highest BCUT2D eigenvalue weighted by atomic mass is 32.1. The van der Waals surface area contributed by atoms with Crippen LogP contribution in [0.3, 0.4) is 0 Å². The Labute approximate surface area is 152 Å². The predicted octanol–water partition coefficient (Wildman–Crippen LogP) is 3.28. The van der Waals surface area contributed by atoms with Crippen molar-refractivity contribution in [1.82, 2.24) is 4.98 Å². The summed E-state index contributed by atoms with van der Waals surface area (Å²) in [7, 11) is 0. The van der Waals surface area contributed by atoms with Crippen LogP contribution in [0.2, 0.25) is 0 Å². The molecule has 1 aliphatic rings. The molecular weight excluding hydrogens is 354 g/mol. The Morgan fingerprint density at radius 1 is 1.04 bits per heavy atom. The van der Waals surface area contributed by atoms with Crippen LogP contribution >= 0.6 is 11.3 Å². The van der Waals surface area contributed by atoms with Crippen molar-refractivity contribution < 1.29 is 19.1 Å². The molecule has 0 spiro atoms. The number of anilines is 2. The van der Waals surface area contributed by atoms with Crippen molar-refractivity contribution in [2.45, 2.75) is 6.92 Å². The number of amides is 2. The molecule has 26 heavy (non-hydrogen) atoms. The summed E-state index contributed by atoms with van der Waals surface area (Å²) in [6.45, 7) is 2.44. The van der Waals surface area contributed by atoms with E-state index in [1.807, 2.05) is 0 Å². The Balaban J connectivity index is 1.55. The van der Waals surface area contributed by atoms with Crippen molar-refractivity contribution >= 4 is 44.2 Å². The predicted molar refractivity (Wildman–Crippen MR) is 99.3 cm³/mol. The maximum Gasteiger partial charge on any atom is 0.255 e. The first-order valence-corrected chi connectivity index (χ1v) is 8.79. The van der Waals surface area contributed by atoms with Crippen LogP contribution in [0.25, 0.3) is 10.2 Å². The van der Waals surface area contributed by atoms with Crippen LogP contribution in [-0.4, -0.2) is 30.0 Å². The Bertz CT molecular complexity index is 1010. The van der Waals surface area contributed by atoms with Gasteiger partial charge in [0.05, 0.1) is 10.2 Å². The van der Waals surface area contributed by atoms with Gasteiger partial charge in [-0.05, 0) is 30.3 Å². The van der Waals surface area contributed by atoms with E-state index in [4.69, 9.17) is 9.47 Å². The normalized spacial score (nSPS) is 12.7. The zero-order chi connectivity index (χ0) is 18.1. The summed E-state index contributed by atoms with van der Waals surface area (Å²) in [5.74, 6) is 0.872. The molecule has 8 heteroatoms. The number of carbonyl (C=O) groups excluding carboxylic acids is 2. The molecule has 0 saturated carbocycles. The van der Waals surface area contributed by atoms with E-state index in [-0.39, 0.29) is 11.8 Å². The number of nitrogens with zero attached hydrogens (tertiary/aromatic N) is 1. The second-order valence-corrected chi connectivity index (χ2v) is 6.73. The Morgan fingerprint density at radius 2 is 1.85 bits per heavy atom. The van der Waals surface area contributed by atoms with Gasteiger partial charge in [0.1, 0.15) is 13.2 Å². The standard InChI is InChI=1S/C18H15N3O4S/c1-10(22)19-18-21-13-4-2-11(8-16(13)26-18)17(23)20-12-3-5-14-15(9-12)25-7-6-24-14/h2-5,8-9H,6-7H2,1H3,(H,20,23)(H,19,21,22). The number of carbonyl (C=O) groups is 2. The van der Waals surface area contributed by atoms with E-state index >= 15 is 0 Å². The molecular formula is C18H15N3O4S. The second-order valence-electron chi connectivity index (χ2n) is 5.70. The van der Waals surface area contributed by atoms with Crippen molar-refractivity contribution in [3.63, 3.8) is 0 Å². The lowest BCUT2D eigenvalue weighted by Gasteiger charge is -2.19. The summed E-state index contributed by atoms with van der Waals surface area (Å²) in [4.78, 5) is 28.0. The number of fused-ring (bicyclic) bond motifs is 2. The molecule has 3 aromatic rings. The molecule has 2 heterocycles. The van der Waals surface area contributed by atoms with Gasteiger partial charge in [-0.25, -0.2) is 4.98 Å². The largest absolute Gasteiger partial charge is 0.486 e. The van der Waals surface area contributed by atoms with Crippen molar-refractivity contribution in [3.05, 3.63) is 42.0 Å².